The van der Waals surface area contributed by atoms with Crippen molar-refractivity contribution in [2.45, 2.75) is 12.0 Å². The van der Waals surface area contributed by atoms with Crippen LogP contribution in [0.15, 0.2) is 157 Å². The van der Waals surface area contributed by atoms with Crippen LogP contribution in [0.5, 0.6) is 11.5 Å². The van der Waals surface area contributed by atoms with Crippen LogP contribution in [0.1, 0.15) is 38.9 Å². The Morgan fingerprint density at radius 2 is 1.00 bits per heavy atom. The molecule has 41 heavy (non-hydrogen) atoms. The highest BCUT2D eigenvalue weighted by molar-refractivity contribution is 6.12. The largest absolute Gasteiger partial charge is 0.457 e. The summed E-state index contributed by atoms with van der Waals surface area (Å²) in [5, 5.41) is 0. The van der Waals surface area contributed by atoms with Gasteiger partial charge in [0, 0.05) is 22.3 Å². The molecule has 194 valence electrons. The molecule has 1 aliphatic carbocycles. The molecule has 2 nitrogen and oxygen atoms in total. The van der Waals surface area contributed by atoms with Crippen molar-refractivity contribution in [1.82, 2.24) is 0 Å². The Morgan fingerprint density at radius 1 is 0.488 bits per heavy atom. The molecular weight excluding hydrogens is 498 g/mol. The Kier molecular flexibility index (Phi) is 5.46. The van der Waals surface area contributed by atoms with Gasteiger partial charge in [-0.05, 0) is 46.0 Å². The fourth-order valence-electron chi connectivity index (χ4n) is 6.71. The van der Waals surface area contributed by atoms with Crippen LogP contribution in [0.3, 0.4) is 0 Å². The summed E-state index contributed by atoms with van der Waals surface area (Å²) in [4.78, 5) is 5.21. The highest BCUT2D eigenvalue weighted by Gasteiger charge is 2.50. The van der Waals surface area contributed by atoms with Gasteiger partial charge in [-0.2, -0.15) is 0 Å². The van der Waals surface area contributed by atoms with E-state index in [4.69, 9.17) is 9.73 Å². The van der Waals surface area contributed by atoms with E-state index >= 15 is 0 Å². The molecular formula is C39H27NO. The Morgan fingerprint density at radius 3 is 1.63 bits per heavy atom. The number of aliphatic imine (C=N–C) groups is 1. The molecule has 8 rings (SSSR count). The number of rotatable bonds is 4. The zero-order chi connectivity index (χ0) is 27.2. The molecule has 0 aromatic heterocycles. The van der Waals surface area contributed by atoms with Gasteiger partial charge in [0.05, 0.1) is 17.7 Å². The van der Waals surface area contributed by atoms with Crippen molar-refractivity contribution >= 4 is 5.71 Å². The molecule has 1 spiro atoms. The fourth-order valence-corrected chi connectivity index (χ4v) is 6.71. The summed E-state index contributed by atoms with van der Waals surface area (Å²) in [5.41, 5.74) is 11.4. The third-order valence-corrected chi connectivity index (χ3v) is 8.43. The summed E-state index contributed by atoms with van der Waals surface area (Å²) < 4.78 is 6.58. The number of nitrogens with zero attached hydrogens (tertiary/aromatic N) is 1. The number of hydrogen-bond donors (Lipinski definition) is 0. The van der Waals surface area contributed by atoms with Gasteiger partial charge in [0.2, 0.25) is 0 Å². The lowest BCUT2D eigenvalue weighted by molar-refractivity contribution is 0.436. The van der Waals surface area contributed by atoms with Crippen LogP contribution in [0.4, 0.5) is 0 Å². The van der Waals surface area contributed by atoms with Gasteiger partial charge in [0.25, 0.3) is 0 Å². The standard InChI is InChI=1S/C39H27NO/c1-3-13-28(14-4-1)38(29-15-5-2-6-16-29)40-26-27-23-24-37-35(25-27)39(34-21-11-12-22-36(34)41-37)32-19-9-7-17-30(32)31-18-8-10-20-33(31)39/h1-25H,26H2. The minimum Gasteiger partial charge on any atom is -0.457 e. The first kappa shape index (κ1) is 23.7. The number of fused-ring (bicyclic) bond motifs is 9. The molecule has 6 aromatic rings. The Bertz CT molecular complexity index is 1850. The quantitative estimate of drug-likeness (QED) is 0.210. The number of ether oxygens (including phenoxy) is 1. The Hall–Kier alpha value is -5.21. The van der Waals surface area contributed by atoms with Gasteiger partial charge in [-0.3, -0.25) is 4.99 Å². The molecule has 0 fully saturated rings. The second-order valence-electron chi connectivity index (χ2n) is 10.7. The minimum atomic E-state index is -0.460. The van der Waals surface area contributed by atoms with Gasteiger partial charge in [0.1, 0.15) is 11.5 Å². The minimum absolute atomic E-state index is 0.460. The van der Waals surface area contributed by atoms with E-state index in [1.807, 2.05) is 12.1 Å². The Balaban J connectivity index is 1.33. The molecule has 2 heteroatoms. The smallest absolute Gasteiger partial charge is 0.132 e. The first-order valence-electron chi connectivity index (χ1n) is 14.1. The van der Waals surface area contributed by atoms with E-state index < -0.39 is 5.41 Å². The second kappa shape index (κ2) is 9.46. The van der Waals surface area contributed by atoms with Crippen LogP contribution >= 0.6 is 0 Å². The van der Waals surface area contributed by atoms with Gasteiger partial charge >= 0.3 is 0 Å². The number of hydrogen-bond acceptors (Lipinski definition) is 2. The van der Waals surface area contributed by atoms with Crippen LogP contribution in [0.2, 0.25) is 0 Å². The van der Waals surface area contributed by atoms with E-state index in [1.54, 1.807) is 0 Å². The molecule has 0 amide bonds. The molecule has 2 aliphatic rings. The van der Waals surface area contributed by atoms with Crippen molar-refractivity contribution in [3.8, 4) is 22.6 Å². The van der Waals surface area contributed by atoms with E-state index in [9.17, 15) is 0 Å². The van der Waals surface area contributed by atoms with Gasteiger partial charge in [-0.1, -0.05) is 133 Å². The van der Waals surface area contributed by atoms with Crippen molar-refractivity contribution in [2.75, 3.05) is 0 Å². The zero-order valence-electron chi connectivity index (χ0n) is 22.5. The van der Waals surface area contributed by atoms with Gasteiger partial charge < -0.3 is 4.74 Å². The van der Waals surface area contributed by atoms with Gasteiger partial charge in [0.15, 0.2) is 0 Å². The molecule has 6 aromatic carbocycles. The summed E-state index contributed by atoms with van der Waals surface area (Å²) in [6.07, 6.45) is 0. The molecule has 0 N–H and O–H groups in total. The first-order chi connectivity index (χ1) is 20.3. The van der Waals surface area contributed by atoms with E-state index in [-0.39, 0.29) is 0 Å². The molecule has 0 unspecified atom stereocenters. The average Bonchev–Trinajstić information content (AvgIpc) is 3.34. The Labute approximate surface area is 240 Å². The lowest BCUT2D eigenvalue weighted by Crippen LogP contribution is -2.32. The topological polar surface area (TPSA) is 21.6 Å². The van der Waals surface area contributed by atoms with Crippen molar-refractivity contribution in [1.29, 1.82) is 0 Å². The fraction of sp³-hybridized carbons (Fsp3) is 0.0513. The summed E-state index contributed by atoms with van der Waals surface area (Å²) in [6.45, 7) is 0.563. The van der Waals surface area contributed by atoms with Crippen LogP contribution in [0, 0.1) is 0 Å². The van der Waals surface area contributed by atoms with Crippen molar-refractivity contribution in [2.24, 2.45) is 4.99 Å². The highest BCUT2D eigenvalue weighted by atomic mass is 16.5. The van der Waals surface area contributed by atoms with Crippen LogP contribution < -0.4 is 4.74 Å². The molecule has 1 heterocycles. The number of para-hydroxylation sites is 1. The van der Waals surface area contributed by atoms with Crippen molar-refractivity contribution < 1.29 is 4.74 Å². The van der Waals surface area contributed by atoms with Gasteiger partial charge in [-0.25, -0.2) is 0 Å². The van der Waals surface area contributed by atoms with Crippen LogP contribution in [0.25, 0.3) is 11.1 Å². The van der Waals surface area contributed by atoms with Crippen LogP contribution in [-0.4, -0.2) is 5.71 Å². The average molecular weight is 526 g/mol. The maximum Gasteiger partial charge on any atom is 0.132 e. The maximum atomic E-state index is 6.58. The van der Waals surface area contributed by atoms with E-state index in [0.29, 0.717) is 6.54 Å². The molecule has 0 bridgehead atoms. The molecule has 0 atom stereocenters. The lowest BCUT2D eigenvalue weighted by Gasteiger charge is -2.39. The zero-order valence-corrected chi connectivity index (χ0v) is 22.5. The summed E-state index contributed by atoms with van der Waals surface area (Å²) in [5.74, 6) is 1.81. The first-order valence-corrected chi connectivity index (χ1v) is 14.1. The summed E-state index contributed by atoms with van der Waals surface area (Å²) in [7, 11) is 0. The molecule has 0 saturated heterocycles. The van der Waals surface area contributed by atoms with Crippen molar-refractivity contribution in [3.63, 3.8) is 0 Å². The highest BCUT2D eigenvalue weighted by Crippen LogP contribution is 2.61. The van der Waals surface area contributed by atoms with E-state index in [0.717, 1.165) is 33.9 Å². The molecule has 0 saturated carbocycles. The monoisotopic (exact) mass is 525 g/mol. The molecule has 1 aliphatic heterocycles. The normalized spacial score (nSPS) is 13.4. The summed E-state index contributed by atoms with van der Waals surface area (Å²) in [6, 6.07) is 53.7. The molecule has 0 radical (unpaired) electrons. The number of benzene rings is 6. The SMILES string of the molecule is c1ccc(C(=NCc2ccc3c(c2)C2(c4ccccc4O3)c3ccccc3-c3ccccc32)c2ccccc2)cc1. The van der Waals surface area contributed by atoms with E-state index in [1.165, 1.54) is 33.4 Å². The predicted molar refractivity (Wildman–Crippen MR) is 166 cm³/mol. The summed E-state index contributed by atoms with van der Waals surface area (Å²) >= 11 is 0. The lowest BCUT2D eigenvalue weighted by atomic mass is 9.66. The second-order valence-corrected chi connectivity index (χ2v) is 10.7. The third kappa shape index (κ3) is 3.61. The predicted octanol–water partition coefficient (Wildman–Crippen LogP) is 9.19. The third-order valence-electron chi connectivity index (χ3n) is 8.43. The van der Waals surface area contributed by atoms with E-state index in [2.05, 4.69) is 140 Å². The van der Waals surface area contributed by atoms with Crippen LogP contribution in [-0.2, 0) is 12.0 Å². The van der Waals surface area contributed by atoms with Crippen molar-refractivity contribution in [3.05, 3.63) is 191 Å². The maximum absolute atomic E-state index is 6.58. The van der Waals surface area contributed by atoms with Gasteiger partial charge in [-0.15, -0.1) is 0 Å².